The summed E-state index contributed by atoms with van der Waals surface area (Å²) < 4.78 is 5.07. The van der Waals surface area contributed by atoms with Crippen LogP contribution in [0.4, 0.5) is 0 Å². The second-order valence-electron chi connectivity index (χ2n) is 4.55. The maximum Gasteiger partial charge on any atom is 0.303 e. The van der Waals surface area contributed by atoms with Crippen LogP contribution < -0.4 is 0 Å². The molecule has 0 aliphatic carbocycles. The van der Waals surface area contributed by atoms with Gasteiger partial charge in [-0.2, -0.15) is 0 Å². The van der Waals surface area contributed by atoms with Crippen LogP contribution in [-0.4, -0.2) is 45.7 Å². The van der Waals surface area contributed by atoms with Gasteiger partial charge in [-0.3, -0.25) is 9.59 Å². The summed E-state index contributed by atoms with van der Waals surface area (Å²) in [5, 5.41) is 16.0. The van der Waals surface area contributed by atoms with E-state index in [9.17, 15) is 9.59 Å². The normalized spacial score (nSPS) is 10.3. The highest BCUT2D eigenvalue weighted by molar-refractivity contribution is 5.94. The second-order valence-corrected chi connectivity index (χ2v) is 4.55. The Morgan fingerprint density at radius 1 is 1.29 bits per heavy atom. The number of carbonyl (C=O) groups is 2. The highest BCUT2D eigenvalue weighted by atomic mass is 16.4. The van der Waals surface area contributed by atoms with E-state index in [0.29, 0.717) is 24.4 Å². The lowest BCUT2D eigenvalue weighted by molar-refractivity contribution is -0.137. The van der Waals surface area contributed by atoms with E-state index in [2.05, 4.69) is 10.2 Å². The molecule has 0 saturated heterocycles. The Kier molecular flexibility index (Phi) is 4.65. The minimum absolute atomic E-state index is 0.0493. The zero-order chi connectivity index (χ0) is 15.2. The molecule has 1 aromatic carbocycles. The Bertz CT molecular complexity index is 608. The lowest BCUT2D eigenvalue weighted by Crippen LogP contribution is -2.28. The predicted octanol–water partition coefficient (Wildman–Crippen LogP) is 1.67. The lowest BCUT2D eigenvalue weighted by atomic mass is 10.1. The summed E-state index contributed by atoms with van der Waals surface area (Å²) in [7, 11) is 1.65. The molecule has 1 N–H and O–H groups in total. The van der Waals surface area contributed by atoms with Gasteiger partial charge >= 0.3 is 5.97 Å². The first kappa shape index (κ1) is 14.7. The van der Waals surface area contributed by atoms with Crippen molar-refractivity contribution in [3.63, 3.8) is 0 Å². The number of carboxylic acid groups (broad SMARTS) is 1. The molecule has 0 aliphatic heterocycles. The number of aliphatic carboxylic acids is 1. The van der Waals surface area contributed by atoms with Gasteiger partial charge in [-0.15, -0.1) is 10.2 Å². The number of benzene rings is 1. The van der Waals surface area contributed by atoms with Crippen LogP contribution >= 0.6 is 0 Å². The third-order valence-electron chi connectivity index (χ3n) is 2.97. The molecule has 1 aromatic heterocycles. The number of amides is 1. The maximum atomic E-state index is 12.1. The van der Waals surface area contributed by atoms with E-state index >= 15 is 0 Å². The molecule has 0 fully saturated rings. The molecular formula is C14H15N3O4. The first-order valence-electron chi connectivity index (χ1n) is 6.42. The summed E-state index contributed by atoms with van der Waals surface area (Å²) in [6.45, 7) is 0.399. The molecule has 7 heteroatoms. The number of nitrogens with zero attached hydrogens (tertiary/aromatic N) is 3. The molecule has 21 heavy (non-hydrogen) atoms. The average molecular weight is 289 g/mol. The van der Waals surface area contributed by atoms with Crippen LogP contribution in [0, 0.1) is 0 Å². The van der Waals surface area contributed by atoms with E-state index < -0.39 is 5.97 Å². The average Bonchev–Trinajstić information content (AvgIpc) is 3.00. The van der Waals surface area contributed by atoms with Gasteiger partial charge in [-0.1, -0.05) is 0 Å². The predicted molar refractivity (Wildman–Crippen MR) is 73.6 cm³/mol. The van der Waals surface area contributed by atoms with Gasteiger partial charge in [0.25, 0.3) is 5.91 Å². The fourth-order valence-electron chi connectivity index (χ4n) is 1.84. The number of carbonyl (C=O) groups excluding carboxylic acids is 1. The molecule has 2 aromatic rings. The zero-order valence-electron chi connectivity index (χ0n) is 11.5. The van der Waals surface area contributed by atoms with Crippen LogP contribution in [-0.2, 0) is 4.79 Å². The SMILES string of the molecule is CN(CCCC(=O)O)C(=O)c1ccc(-c2nnco2)cc1. The molecule has 0 spiro atoms. The maximum absolute atomic E-state index is 12.1. The largest absolute Gasteiger partial charge is 0.481 e. The Morgan fingerprint density at radius 3 is 2.57 bits per heavy atom. The molecule has 0 aliphatic rings. The van der Waals surface area contributed by atoms with Crippen molar-refractivity contribution in [1.29, 1.82) is 0 Å². The van der Waals surface area contributed by atoms with Gasteiger partial charge in [-0.05, 0) is 30.7 Å². The summed E-state index contributed by atoms with van der Waals surface area (Å²) in [5.41, 5.74) is 1.26. The van der Waals surface area contributed by atoms with Crippen LogP contribution in [0.3, 0.4) is 0 Å². The number of hydrogen-bond acceptors (Lipinski definition) is 5. The van der Waals surface area contributed by atoms with E-state index in [-0.39, 0.29) is 12.3 Å². The van der Waals surface area contributed by atoms with Gasteiger partial charge in [0, 0.05) is 31.1 Å². The smallest absolute Gasteiger partial charge is 0.303 e. The minimum atomic E-state index is -0.861. The Labute approximate surface area is 121 Å². The van der Waals surface area contributed by atoms with Gasteiger partial charge in [-0.25, -0.2) is 0 Å². The van der Waals surface area contributed by atoms with E-state index in [1.807, 2.05) is 0 Å². The quantitative estimate of drug-likeness (QED) is 0.869. The molecule has 7 nitrogen and oxygen atoms in total. The molecule has 110 valence electrons. The Balaban J connectivity index is 1.97. The number of rotatable bonds is 6. The Hall–Kier alpha value is -2.70. The van der Waals surface area contributed by atoms with Crippen molar-refractivity contribution in [2.45, 2.75) is 12.8 Å². The standard InChI is InChI=1S/C14H15N3O4/c1-17(8-2-3-12(18)19)14(20)11-6-4-10(5-7-11)13-16-15-9-21-13/h4-7,9H,2-3,8H2,1H3,(H,18,19). The molecule has 0 bridgehead atoms. The summed E-state index contributed by atoms with van der Waals surface area (Å²) >= 11 is 0. The fraction of sp³-hybridized carbons (Fsp3) is 0.286. The first-order valence-corrected chi connectivity index (χ1v) is 6.42. The van der Waals surface area contributed by atoms with Gasteiger partial charge in [0.1, 0.15) is 0 Å². The van der Waals surface area contributed by atoms with Crippen LogP contribution in [0.5, 0.6) is 0 Å². The van der Waals surface area contributed by atoms with Crippen molar-refractivity contribution >= 4 is 11.9 Å². The first-order chi connectivity index (χ1) is 10.1. The van der Waals surface area contributed by atoms with Gasteiger partial charge < -0.3 is 14.4 Å². The van der Waals surface area contributed by atoms with Crippen molar-refractivity contribution in [2.75, 3.05) is 13.6 Å². The second kappa shape index (κ2) is 6.65. The van der Waals surface area contributed by atoms with E-state index in [0.717, 1.165) is 5.56 Å². The third kappa shape index (κ3) is 3.88. The molecule has 2 rings (SSSR count). The van der Waals surface area contributed by atoms with E-state index in [4.69, 9.17) is 9.52 Å². The zero-order valence-corrected chi connectivity index (χ0v) is 11.5. The summed E-state index contributed by atoms with van der Waals surface area (Å²) in [5.74, 6) is -0.624. The summed E-state index contributed by atoms with van der Waals surface area (Å²) in [4.78, 5) is 24.1. The lowest BCUT2D eigenvalue weighted by Gasteiger charge is -2.16. The number of hydrogen-bond donors (Lipinski definition) is 1. The van der Waals surface area contributed by atoms with Gasteiger partial charge in [0.2, 0.25) is 12.3 Å². The molecule has 0 radical (unpaired) electrons. The van der Waals surface area contributed by atoms with E-state index in [1.165, 1.54) is 11.3 Å². The fourth-order valence-corrected chi connectivity index (χ4v) is 1.84. The molecule has 1 heterocycles. The Morgan fingerprint density at radius 2 is 2.00 bits per heavy atom. The van der Waals surface area contributed by atoms with E-state index in [1.54, 1.807) is 31.3 Å². The highest BCUT2D eigenvalue weighted by Crippen LogP contribution is 2.17. The molecule has 0 atom stereocenters. The van der Waals surface area contributed by atoms with Crippen molar-refractivity contribution in [3.05, 3.63) is 36.2 Å². The summed E-state index contributed by atoms with van der Waals surface area (Å²) in [6, 6.07) is 6.81. The molecule has 0 unspecified atom stereocenters. The number of aromatic nitrogens is 2. The van der Waals surface area contributed by atoms with Crippen molar-refractivity contribution in [3.8, 4) is 11.5 Å². The van der Waals surface area contributed by atoms with Crippen molar-refractivity contribution in [1.82, 2.24) is 15.1 Å². The van der Waals surface area contributed by atoms with Gasteiger partial charge in [0.05, 0.1) is 0 Å². The van der Waals surface area contributed by atoms with Crippen LogP contribution in [0.2, 0.25) is 0 Å². The molecule has 1 amide bonds. The topological polar surface area (TPSA) is 96.5 Å². The number of carboxylic acids is 1. The van der Waals surface area contributed by atoms with Gasteiger partial charge in [0.15, 0.2) is 0 Å². The van der Waals surface area contributed by atoms with Crippen LogP contribution in [0.25, 0.3) is 11.5 Å². The van der Waals surface area contributed by atoms with Crippen molar-refractivity contribution < 1.29 is 19.1 Å². The van der Waals surface area contributed by atoms with Crippen molar-refractivity contribution in [2.24, 2.45) is 0 Å². The molecular weight excluding hydrogens is 274 g/mol. The van der Waals surface area contributed by atoms with Crippen LogP contribution in [0.1, 0.15) is 23.2 Å². The minimum Gasteiger partial charge on any atom is -0.481 e. The highest BCUT2D eigenvalue weighted by Gasteiger charge is 2.12. The summed E-state index contributed by atoms with van der Waals surface area (Å²) in [6.07, 6.45) is 1.72. The molecule has 0 saturated carbocycles. The van der Waals surface area contributed by atoms with Crippen LogP contribution in [0.15, 0.2) is 35.1 Å². The third-order valence-corrected chi connectivity index (χ3v) is 2.97. The monoisotopic (exact) mass is 289 g/mol.